The average molecular weight is 288 g/mol. The lowest BCUT2D eigenvalue weighted by Crippen LogP contribution is -2.00. The van der Waals surface area contributed by atoms with E-state index in [2.05, 4.69) is 30.1 Å². The second-order valence-electron chi connectivity index (χ2n) is 5.43. The summed E-state index contributed by atoms with van der Waals surface area (Å²) in [4.78, 5) is 0. The molecule has 0 bridgehead atoms. The van der Waals surface area contributed by atoms with Crippen LogP contribution < -0.4 is 9.47 Å². The number of nitrogens with zero attached hydrogens (tertiary/aromatic N) is 2. The van der Waals surface area contributed by atoms with Gasteiger partial charge < -0.3 is 9.47 Å². The van der Waals surface area contributed by atoms with Crippen molar-refractivity contribution in [1.82, 2.24) is 10.2 Å². The highest BCUT2D eigenvalue weighted by Crippen LogP contribution is 2.32. The fraction of sp³-hybridized carbons (Fsp3) is 0.529. The minimum Gasteiger partial charge on any atom is -0.493 e. The van der Waals surface area contributed by atoms with Gasteiger partial charge in [-0.05, 0) is 18.6 Å². The van der Waals surface area contributed by atoms with E-state index in [0.29, 0.717) is 11.7 Å². The van der Waals surface area contributed by atoms with Crippen molar-refractivity contribution in [3.05, 3.63) is 23.9 Å². The SMILES string of the molecule is CCCCCC(C)c1cc2cc(OC)c(OC)cc2nn1. The molecule has 1 unspecified atom stereocenters. The second-order valence-corrected chi connectivity index (χ2v) is 5.43. The predicted molar refractivity (Wildman–Crippen MR) is 85.2 cm³/mol. The zero-order valence-electron chi connectivity index (χ0n) is 13.3. The van der Waals surface area contributed by atoms with Gasteiger partial charge in [-0.1, -0.05) is 33.1 Å². The van der Waals surface area contributed by atoms with Gasteiger partial charge in [0.2, 0.25) is 0 Å². The maximum Gasteiger partial charge on any atom is 0.162 e. The van der Waals surface area contributed by atoms with Crippen molar-refractivity contribution in [3.63, 3.8) is 0 Å². The van der Waals surface area contributed by atoms with Crippen LogP contribution in [0.3, 0.4) is 0 Å². The average Bonchev–Trinajstić information content (AvgIpc) is 2.52. The summed E-state index contributed by atoms with van der Waals surface area (Å²) in [5, 5.41) is 9.74. The monoisotopic (exact) mass is 288 g/mol. The maximum absolute atomic E-state index is 5.35. The van der Waals surface area contributed by atoms with E-state index in [-0.39, 0.29) is 0 Å². The van der Waals surface area contributed by atoms with Crippen molar-refractivity contribution >= 4 is 10.9 Å². The summed E-state index contributed by atoms with van der Waals surface area (Å²) in [6.45, 7) is 4.44. The highest BCUT2D eigenvalue weighted by molar-refractivity contribution is 5.82. The Morgan fingerprint density at radius 2 is 1.71 bits per heavy atom. The van der Waals surface area contributed by atoms with Crippen LogP contribution in [0.25, 0.3) is 10.9 Å². The highest BCUT2D eigenvalue weighted by Gasteiger charge is 2.11. The molecule has 0 fully saturated rings. The Bertz CT molecular complexity index is 599. The Morgan fingerprint density at radius 3 is 2.38 bits per heavy atom. The predicted octanol–water partition coefficient (Wildman–Crippen LogP) is 4.33. The van der Waals surface area contributed by atoms with Crippen molar-refractivity contribution in [2.75, 3.05) is 14.2 Å². The van der Waals surface area contributed by atoms with Gasteiger partial charge in [0, 0.05) is 17.4 Å². The third-order valence-corrected chi connectivity index (χ3v) is 3.86. The summed E-state index contributed by atoms with van der Waals surface area (Å²) in [6, 6.07) is 5.94. The molecule has 1 aromatic carbocycles. The Morgan fingerprint density at radius 1 is 1.00 bits per heavy atom. The van der Waals surface area contributed by atoms with E-state index in [1.165, 1.54) is 19.3 Å². The lowest BCUT2D eigenvalue weighted by atomic mass is 9.99. The minimum atomic E-state index is 0.432. The summed E-state index contributed by atoms with van der Waals surface area (Å²) in [5.74, 6) is 1.84. The molecule has 0 aliphatic heterocycles. The zero-order valence-corrected chi connectivity index (χ0v) is 13.3. The summed E-state index contributed by atoms with van der Waals surface area (Å²) in [6.07, 6.45) is 4.91. The molecule has 2 aromatic rings. The maximum atomic E-state index is 5.35. The van der Waals surface area contributed by atoms with Gasteiger partial charge in [-0.2, -0.15) is 10.2 Å². The number of fused-ring (bicyclic) bond motifs is 1. The van der Waals surface area contributed by atoms with Crippen LogP contribution >= 0.6 is 0 Å². The first-order chi connectivity index (χ1) is 10.2. The van der Waals surface area contributed by atoms with Gasteiger partial charge in [0.1, 0.15) is 0 Å². The van der Waals surface area contributed by atoms with Crippen LogP contribution in [0.2, 0.25) is 0 Å². The number of unbranched alkanes of at least 4 members (excludes halogenated alkanes) is 2. The molecule has 1 atom stereocenters. The molecule has 1 aromatic heterocycles. The number of benzene rings is 1. The molecular weight excluding hydrogens is 264 g/mol. The van der Waals surface area contributed by atoms with Gasteiger partial charge in [-0.15, -0.1) is 0 Å². The first-order valence-corrected chi connectivity index (χ1v) is 7.59. The quantitative estimate of drug-likeness (QED) is 0.711. The number of aromatic nitrogens is 2. The fourth-order valence-corrected chi connectivity index (χ4v) is 2.48. The normalized spacial score (nSPS) is 12.4. The molecule has 1 heterocycles. The first kappa shape index (κ1) is 15.5. The Labute approximate surface area is 126 Å². The molecule has 0 saturated carbocycles. The van der Waals surface area contributed by atoms with Crippen LogP contribution in [0.1, 0.15) is 51.1 Å². The molecule has 4 nitrogen and oxygen atoms in total. The molecular formula is C17H24N2O2. The van der Waals surface area contributed by atoms with Crippen LogP contribution in [0.4, 0.5) is 0 Å². The number of methoxy groups -OCH3 is 2. The standard InChI is InChI=1S/C17H24N2O2/c1-5-6-7-8-12(2)14-9-13-10-16(20-3)17(21-4)11-15(13)19-18-14/h9-12H,5-8H2,1-4H3. The summed E-state index contributed by atoms with van der Waals surface area (Å²) in [7, 11) is 3.27. The lowest BCUT2D eigenvalue weighted by Gasteiger charge is -2.12. The van der Waals surface area contributed by atoms with E-state index >= 15 is 0 Å². The molecule has 0 aliphatic carbocycles. The van der Waals surface area contributed by atoms with Gasteiger partial charge >= 0.3 is 0 Å². The Balaban J connectivity index is 2.28. The number of ether oxygens (including phenoxy) is 2. The molecule has 0 amide bonds. The van der Waals surface area contributed by atoms with E-state index in [1.54, 1.807) is 14.2 Å². The summed E-state index contributed by atoms with van der Waals surface area (Å²) < 4.78 is 10.6. The topological polar surface area (TPSA) is 44.2 Å². The van der Waals surface area contributed by atoms with Crippen LogP contribution in [0.5, 0.6) is 11.5 Å². The van der Waals surface area contributed by atoms with E-state index in [9.17, 15) is 0 Å². The van der Waals surface area contributed by atoms with Gasteiger partial charge in [0.05, 0.1) is 25.4 Å². The molecule has 0 saturated heterocycles. The highest BCUT2D eigenvalue weighted by atomic mass is 16.5. The van der Waals surface area contributed by atoms with Crippen molar-refractivity contribution < 1.29 is 9.47 Å². The molecule has 0 N–H and O–H groups in total. The molecule has 21 heavy (non-hydrogen) atoms. The van der Waals surface area contributed by atoms with Crippen molar-refractivity contribution in [1.29, 1.82) is 0 Å². The zero-order chi connectivity index (χ0) is 15.2. The molecule has 0 aliphatic rings. The van der Waals surface area contributed by atoms with E-state index in [4.69, 9.17) is 9.47 Å². The molecule has 0 radical (unpaired) electrons. The van der Waals surface area contributed by atoms with Gasteiger partial charge in [-0.25, -0.2) is 0 Å². The smallest absolute Gasteiger partial charge is 0.162 e. The third-order valence-electron chi connectivity index (χ3n) is 3.86. The van der Waals surface area contributed by atoms with Crippen molar-refractivity contribution in [2.24, 2.45) is 0 Å². The third kappa shape index (κ3) is 3.63. The van der Waals surface area contributed by atoms with Crippen LogP contribution in [0.15, 0.2) is 18.2 Å². The number of rotatable bonds is 7. The summed E-state index contributed by atoms with van der Waals surface area (Å²) >= 11 is 0. The number of hydrogen-bond donors (Lipinski definition) is 0. The first-order valence-electron chi connectivity index (χ1n) is 7.59. The van der Waals surface area contributed by atoms with Crippen molar-refractivity contribution in [2.45, 2.75) is 45.4 Å². The van der Waals surface area contributed by atoms with Crippen LogP contribution in [-0.4, -0.2) is 24.4 Å². The Hall–Kier alpha value is -1.84. The fourth-order valence-electron chi connectivity index (χ4n) is 2.48. The molecule has 2 rings (SSSR count). The molecule has 4 heteroatoms. The van der Waals surface area contributed by atoms with Crippen molar-refractivity contribution in [3.8, 4) is 11.5 Å². The van der Waals surface area contributed by atoms with E-state index < -0.39 is 0 Å². The van der Waals surface area contributed by atoms with E-state index in [1.807, 2.05) is 12.1 Å². The lowest BCUT2D eigenvalue weighted by molar-refractivity contribution is 0.355. The van der Waals surface area contributed by atoms with Gasteiger partial charge in [0.25, 0.3) is 0 Å². The largest absolute Gasteiger partial charge is 0.493 e. The summed E-state index contributed by atoms with van der Waals surface area (Å²) in [5.41, 5.74) is 1.88. The molecule has 114 valence electrons. The Kier molecular flexibility index (Phi) is 5.37. The van der Waals surface area contributed by atoms with Crippen LogP contribution in [0, 0.1) is 0 Å². The van der Waals surface area contributed by atoms with Gasteiger partial charge in [0.15, 0.2) is 11.5 Å². The van der Waals surface area contributed by atoms with Gasteiger partial charge in [-0.3, -0.25) is 0 Å². The second kappa shape index (κ2) is 7.25. The van der Waals surface area contributed by atoms with E-state index in [0.717, 1.165) is 28.8 Å². The van der Waals surface area contributed by atoms with Crippen LogP contribution in [-0.2, 0) is 0 Å². The number of hydrogen-bond acceptors (Lipinski definition) is 4. The molecule has 0 spiro atoms. The minimum absolute atomic E-state index is 0.432.